The number of thiophene rings is 1. The SMILES string of the molecule is COC(=O)c1cc(NCc2csc(Br)c2)ccc1F. The highest BCUT2D eigenvalue weighted by Gasteiger charge is 2.12. The van der Waals surface area contributed by atoms with E-state index in [9.17, 15) is 9.18 Å². The highest BCUT2D eigenvalue weighted by atomic mass is 79.9. The van der Waals surface area contributed by atoms with E-state index in [2.05, 4.69) is 26.0 Å². The van der Waals surface area contributed by atoms with Crippen molar-refractivity contribution in [3.63, 3.8) is 0 Å². The van der Waals surface area contributed by atoms with Crippen LogP contribution in [0.15, 0.2) is 33.4 Å². The van der Waals surface area contributed by atoms with E-state index in [1.165, 1.54) is 19.2 Å². The number of halogens is 2. The lowest BCUT2D eigenvalue weighted by atomic mass is 10.2. The Morgan fingerprint density at radius 3 is 2.89 bits per heavy atom. The van der Waals surface area contributed by atoms with Crippen LogP contribution >= 0.6 is 27.3 Å². The molecule has 3 nitrogen and oxygen atoms in total. The van der Waals surface area contributed by atoms with Crippen LogP contribution in [-0.2, 0) is 11.3 Å². The molecule has 0 saturated heterocycles. The van der Waals surface area contributed by atoms with Crippen molar-refractivity contribution in [2.75, 3.05) is 12.4 Å². The first-order valence-electron chi connectivity index (χ1n) is 5.45. The molecule has 2 aromatic rings. The maximum atomic E-state index is 13.4. The van der Waals surface area contributed by atoms with Crippen molar-refractivity contribution in [2.45, 2.75) is 6.54 Å². The molecule has 0 radical (unpaired) electrons. The van der Waals surface area contributed by atoms with Crippen LogP contribution in [0.3, 0.4) is 0 Å². The van der Waals surface area contributed by atoms with Crippen molar-refractivity contribution < 1.29 is 13.9 Å². The second-order valence-electron chi connectivity index (χ2n) is 3.80. The van der Waals surface area contributed by atoms with E-state index in [0.717, 1.165) is 9.35 Å². The Labute approximate surface area is 122 Å². The first kappa shape index (κ1) is 14.0. The lowest BCUT2D eigenvalue weighted by Crippen LogP contribution is -2.06. The summed E-state index contributed by atoms with van der Waals surface area (Å²) in [7, 11) is 1.23. The van der Waals surface area contributed by atoms with Crippen LogP contribution in [0.2, 0.25) is 0 Å². The monoisotopic (exact) mass is 343 g/mol. The fraction of sp³-hybridized carbons (Fsp3) is 0.154. The smallest absolute Gasteiger partial charge is 0.340 e. The molecular formula is C13H11BrFNO2S. The summed E-state index contributed by atoms with van der Waals surface area (Å²) in [5, 5.41) is 5.15. The number of hydrogen-bond donors (Lipinski definition) is 1. The summed E-state index contributed by atoms with van der Waals surface area (Å²) in [5.74, 6) is -1.27. The van der Waals surface area contributed by atoms with Gasteiger partial charge in [0.05, 0.1) is 16.5 Å². The van der Waals surface area contributed by atoms with E-state index in [1.54, 1.807) is 17.4 Å². The normalized spacial score (nSPS) is 10.3. The summed E-state index contributed by atoms with van der Waals surface area (Å²) < 4.78 is 19.0. The number of carbonyl (C=O) groups excluding carboxylic acids is 1. The van der Waals surface area contributed by atoms with Gasteiger partial charge in [-0.3, -0.25) is 0 Å². The molecule has 6 heteroatoms. The lowest BCUT2D eigenvalue weighted by Gasteiger charge is -2.07. The van der Waals surface area contributed by atoms with Crippen molar-refractivity contribution in [2.24, 2.45) is 0 Å². The van der Waals surface area contributed by atoms with E-state index >= 15 is 0 Å². The van der Waals surface area contributed by atoms with E-state index in [0.29, 0.717) is 12.2 Å². The minimum absolute atomic E-state index is 0.0704. The van der Waals surface area contributed by atoms with Gasteiger partial charge in [-0.05, 0) is 51.1 Å². The molecule has 2 rings (SSSR count). The molecule has 19 heavy (non-hydrogen) atoms. The molecule has 0 spiro atoms. The Kier molecular flexibility index (Phi) is 4.55. The van der Waals surface area contributed by atoms with E-state index in [4.69, 9.17) is 0 Å². The van der Waals surface area contributed by atoms with Crippen LogP contribution < -0.4 is 5.32 Å². The topological polar surface area (TPSA) is 38.3 Å². The number of esters is 1. The van der Waals surface area contributed by atoms with Crippen LogP contribution in [0, 0.1) is 5.82 Å². The van der Waals surface area contributed by atoms with Crippen molar-refractivity contribution >= 4 is 38.9 Å². The van der Waals surface area contributed by atoms with Gasteiger partial charge < -0.3 is 10.1 Å². The van der Waals surface area contributed by atoms with Gasteiger partial charge in [-0.15, -0.1) is 11.3 Å². The summed E-state index contributed by atoms with van der Waals surface area (Å²) in [5.41, 5.74) is 1.71. The molecule has 0 saturated carbocycles. The number of methoxy groups -OCH3 is 1. The molecule has 1 aromatic heterocycles. The second-order valence-corrected chi connectivity index (χ2v) is 6.09. The molecule has 0 fully saturated rings. The molecule has 1 N–H and O–H groups in total. The molecule has 0 unspecified atom stereocenters. The van der Waals surface area contributed by atoms with Gasteiger partial charge in [-0.2, -0.15) is 0 Å². The van der Waals surface area contributed by atoms with Crippen molar-refractivity contribution in [3.8, 4) is 0 Å². The summed E-state index contributed by atoms with van der Waals surface area (Å²) in [6.45, 7) is 0.606. The Hall–Kier alpha value is -1.40. The second kappa shape index (κ2) is 6.16. The highest BCUT2D eigenvalue weighted by Crippen LogP contribution is 2.22. The van der Waals surface area contributed by atoms with Crippen molar-refractivity contribution in [3.05, 3.63) is 50.4 Å². The Balaban J connectivity index is 2.10. The van der Waals surface area contributed by atoms with Crippen molar-refractivity contribution in [1.29, 1.82) is 0 Å². The van der Waals surface area contributed by atoms with Crippen molar-refractivity contribution in [1.82, 2.24) is 0 Å². The van der Waals surface area contributed by atoms with Gasteiger partial charge in [0.15, 0.2) is 0 Å². The van der Waals surface area contributed by atoms with Gasteiger partial charge in [0.2, 0.25) is 0 Å². The van der Waals surface area contributed by atoms with Crippen LogP contribution in [0.1, 0.15) is 15.9 Å². The zero-order chi connectivity index (χ0) is 13.8. The molecule has 0 aliphatic heterocycles. The largest absolute Gasteiger partial charge is 0.465 e. The molecule has 1 aromatic carbocycles. The maximum Gasteiger partial charge on any atom is 0.340 e. The number of rotatable bonds is 4. The molecule has 0 atom stereocenters. The average Bonchev–Trinajstić information content (AvgIpc) is 2.83. The van der Waals surface area contributed by atoms with Crippen LogP contribution in [0.4, 0.5) is 10.1 Å². The summed E-state index contributed by atoms with van der Waals surface area (Å²) in [6.07, 6.45) is 0. The first-order valence-corrected chi connectivity index (χ1v) is 7.12. The summed E-state index contributed by atoms with van der Waals surface area (Å²) in [4.78, 5) is 11.4. The maximum absolute atomic E-state index is 13.4. The Morgan fingerprint density at radius 2 is 2.26 bits per heavy atom. The minimum atomic E-state index is -0.681. The number of ether oxygens (including phenoxy) is 1. The third kappa shape index (κ3) is 3.54. The van der Waals surface area contributed by atoms with Gasteiger partial charge >= 0.3 is 5.97 Å². The van der Waals surface area contributed by atoms with E-state index < -0.39 is 11.8 Å². The first-order chi connectivity index (χ1) is 9.10. The zero-order valence-corrected chi connectivity index (χ0v) is 12.5. The zero-order valence-electron chi connectivity index (χ0n) is 10.1. The summed E-state index contributed by atoms with van der Waals surface area (Å²) >= 11 is 4.98. The highest BCUT2D eigenvalue weighted by molar-refractivity contribution is 9.11. The van der Waals surface area contributed by atoms with E-state index in [1.807, 2.05) is 11.4 Å². The predicted octanol–water partition coefficient (Wildman–Crippen LogP) is 4.05. The van der Waals surface area contributed by atoms with Gasteiger partial charge in [0.25, 0.3) is 0 Å². The predicted molar refractivity (Wildman–Crippen MR) is 77.1 cm³/mol. The van der Waals surface area contributed by atoms with Gasteiger partial charge in [0.1, 0.15) is 5.82 Å². The van der Waals surface area contributed by atoms with Crippen LogP contribution in [0.25, 0.3) is 0 Å². The third-order valence-corrected chi connectivity index (χ3v) is 4.04. The number of carbonyl (C=O) groups is 1. The standard InChI is InChI=1S/C13H11BrFNO2S/c1-18-13(17)10-5-9(2-3-11(10)15)16-6-8-4-12(14)19-7-8/h2-5,7,16H,6H2,1H3. The van der Waals surface area contributed by atoms with Gasteiger partial charge in [0, 0.05) is 12.2 Å². The number of benzene rings is 1. The Morgan fingerprint density at radius 1 is 1.47 bits per heavy atom. The molecule has 100 valence electrons. The number of anilines is 1. The van der Waals surface area contributed by atoms with Crippen LogP contribution in [0.5, 0.6) is 0 Å². The Bertz CT molecular complexity index is 600. The third-order valence-electron chi connectivity index (χ3n) is 2.49. The molecule has 0 bridgehead atoms. The van der Waals surface area contributed by atoms with E-state index in [-0.39, 0.29) is 5.56 Å². The van der Waals surface area contributed by atoms with Crippen LogP contribution in [-0.4, -0.2) is 13.1 Å². The fourth-order valence-corrected chi connectivity index (χ4v) is 2.75. The fourth-order valence-electron chi connectivity index (χ4n) is 1.54. The molecular weight excluding hydrogens is 333 g/mol. The molecule has 0 amide bonds. The molecule has 0 aliphatic carbocycles. The number of hydrogen-bond acceptors (Lipinski definition) is 4. The average molecular weight is 344 g/mol. The summed E-state index contributed by atoms with van der Waals surface area (Å²) in [6, 6.07) is 6.28. The molecule has 1 heterocycles. The minimum Gasteiger partial charge on any atom is -0.465 e. The molecule has 0 aliphatic rings. The van der Waals surface area contributed by atoms with Gasteiger partial charge in [-0.1, -0.05) is 0 Å². The number of nitrogens with one attached hydrogen (secondary N) is 1. The quantitative estimate of drug-likeness (QED) is 0.851. The lowest BCUT2D eigenvalue weighted by molar-refractivity contribution is 0.0595. The van der Waals surface area contributed by atoms with Gasteiger partial charge in [-0.25, -0.2) is 9.18 Å².